The fourth-order valence-electron chi connectivity index (χ4n) is 2.22. The van der Waals surface area contributed by atoms with Gasteiger partial charge in [-0.05, 0) is 53.4 Å². The third-order valence-corrected chi connectivity index (χ3v) is 3.88. The van der Waals surface area contributed by atoms with Gasteiger partial charge in [0, 0.05) is 17.6 Å². The van der Waals surface area contributed by atoms with Crippen molar-refractivity contribution >= 4 is 33.4 Å². The fraction of sp³-hybridized carbons (Fsp3) is 0.438. The number of benzene rings is 1. The highest BCUT2D eigenvalue weighted by Gasteiger charge is 2.09. The summed E-state index contributed by atoms with van der Waals surface area (Å²) >= 11 is 3.55. The zero-order valence-electron chi connectivity index (χ0n) is 13.3. The molecule has 1 aromatic heterocycles. The highest BCUT2D eigenvalue weighted by molar-refractivity contribution is 9.10. The van der Waals surface area contributed by atoms with E-state index in [1.54, 1.807) is 6.20 Å². The molecular weight excluding hydrogens is 342 g/mol. The lowest BCUT2D eigenvalue weighted by atomic mass is 10.2. The molecule has 0 aliphatic rings. The van der Waals surface area contributed by atoms with Crippen molar-refractivity contribution in [3.05, 3.63) is 34.4 Å². The molecule has 118 valence electrons. The van der Waals surface area contributed by atoms with E-state index in [4.69, 9.17) is 0 Å². The maximum absolute atomic E-state index is 4.59. The minimum atomic E-state index is 0.513. The number of nitrogens with zero attached hydrogens (tertiary/aromatic N) is 4. The molecule has 0 saturated carbocycles. The molecule has 0 bridgehead atoms. The van der Waals surface area contributed by atoms with Gasteiger partial charge in [0.2, 0.25) is 5.95 Å². The van der Waals surface area contributed by atoms with Crippen LogP contribution in [-0.2, 0) is 0 Å². The molecule has 0 aliphatic carbocycles. The molecule has 0 amide bonds. The molecule has 0 fully saturated rings. The van der Waals surface area contributed by atoms with Gasteiger partial charge in [-0.1, -0.05) is 19.9 Å². The summed E-state index contributed by atoms with van der Waals surface area (Å²) in [7, 11) is 0. The van der Waals surface area contributed by atoms with E-state index in [0.717, 1.165) is 41.9 Å². The number of halogens is 1. The Kier molecular flexibility index (Phi) is 6.12. The summed E-state index contributed by atoms with van der Waals surface area (Å²) in [5.41, 5.74) is 2.13. The van der Waals surface area contributed by atoms with Crippen LogP contribution < -0.4 is 10.2 Å². The second-order valence-corrected chi connectivity index (χ2v) is 6.09. The third kappa shape index (κ3) is 4.40. The summed E-state index contributed by atoms with van der Waals surface area (Å²) in [5.74, 6) is 1.38. The third-order valence-electron chi connectivity index (χ3n) is 3.23. The molecule has 0 atom stereocenters. The van der Waals surface area contributed by atoms with Gasteiger partial charge >= 0.3 is 0 Å². The molecular formula is C16H22BrN5. The number of rotatable bonds is 7. The summed E-state index contributed by atoms with van der Waals surface area (Å²) in [6.45, 7) is 8.33. The summed E-state index contributed by atoms with van der Waals surface area (Å²) in [5, 5.41) is 11.4. The second-order valence-electron chi connectivity index (χ2n) is 5.23. The summed E-state index contributed by atoms with van der Waals surface area (Å²) < 4.78 is 0.987. The maximum Gasteiger partial charge on any atom is 0.249 e. The smallest absolute Gasteiger partial charge is 0.249 e. The molecule has 0 saturated heterocycles. The van der Waals surface area contributed by atoms with Crippen LogP contribution in [0.1, 0.15) is 32.3 Å². The van der Waals surface area contributed by atoms with Crippen molar-refractivity contribution in [2.45, 2.75) is 33.6 Å². The zero-order chi connectivity index (χ0) is 15.9. The zero-order valence-corrected chi connectivity index (χ0v) is 14.9. The Morgan fingerprint density at radius 3 is 2.55 bits per heavy atom. The van der Waals surface area contributed by atoms with Crippen molar-refractivity contribution in [1.82, 2.24) is 15.2 Å². The van der Waals surface area contributed by atoms with Gasteiger partial charge in [0.05, 0.1) is 11.9 Å². The van der Waals surface area contributed by atoms with Crippen LogP contribution in [0.25, 0.3) is 0 Å². The molecule has 1 N–H and O–H groups in total. The minimum Gasteiger partial charge on any atom is -0.355 e. The second kappa shape index (κ2) is 8.08. The lowest BCUT2D eigenvalue weighted by Crippen LogP contribution is -2.26. The summed E-state index contributed by atoms with van der Waals surface area (Å²) in [4.78, 5) is 6.83. The van der Waals surface area contributed by atoms with Crippen LogP contribution in [0, 0.1) is 6.92 Å². The van der Waals surface area contributed by atoms with Gasteiger partial charge in [0.15, 0.2) is 5.82 Å². The van der Waals surface area contributed by atoms with E-state index < -0.39 is 0 Å². The maximum atomic E-state index is 4.59. The molecule has 0 unspecified atom stereocenters. The molecule has 2 aromatic rings. The van der Waals surface area contributed by atoms with Crippen molar-refractivity contribution in [2.24, 2.45) is 0 Å². The molecule has 0 aliphatic heterocycles. The monoisotopic (exact) mass is 363 g/mol. The Balaban J connectivity index is 2.20. The number of nitrogens with one attached hydrogen (secondary N) is 1. The predicted molar refractivity (Wildman–Crippen MR) is 94.8 cm³/mol. The lowest BCUT2D eigenvalue weighted by molar-refractivity contribution is 0.728. The normalized spacial score (nSPS) is 10.5. The quantitative estimate of drug-likeness (QED) is 0.793. The average Bonchev–Trinajstić information content (AvgIpc) is 2.50. The van der Waals surface area contributed by atoms with E-state index in [-0.39, 0.29) is 0 Å². The van der Waals surface area contributed by atoms with E-state index in [1.807, 2.05) is 12.1 Å². The molecule has 6 heteroatoms. The lowest BCUT2D eigenvalue weighted by Gasteiger charge is -2.22. The van der Waals surface area contributed by atoms with Crippen LogP contribution in [0.3, 0.4) is 0 Å². The first kappa shape index (κ1) is 16.7. The van der Waals surface area contributed by atoms with Gasteiger partial charge in [-0.15, -0.1) is 5.10 Å². The van der Waals surface area contributed by atoms with Crippen LogP contribution in [-0.4, -0.2) is 28.3 Å². The van der Waals surface area contributed by atoms with Crippen molar-refractivity contribution in [1.29, 1.82) is 0 Å². The number of aryl methyl sites for hydroxylation is 1. The topological polar surface area (TPSA) is 53.9 Å². The standard InChI is InChI=1S/C16H22BrN5/c1-4-8-22(9-5-2)15-11-18-21-16(20-15)19-14-7-6-12(3)10-13(14)17/h6-7,10-11H,4-5,8-9H2,1-3H3,(H,19,20,21). The average molecular weight is 364 g/mol. The van der Waals surface area contributed by atoms with Crippen molar-refractivity contribution in [2.75, 3.05) is 23.3 Å². The van der Waals surface area contributed by atoms with E-state index in [0.29, 0.717) is 5.95 Å². The van der Waals surface area contributed by atoms with Gasteiger partial charge in [0.25, 0.3) is 0 Å². The molecule has 1 heterocycles. The molecule has 2 rings (SSSR count). The Bertz CT molecular complexity index is 611. The van der Waals surface area contributed by atoms with Gasteiger partial charge in [-0.25, -0.2) is 0 Å². The largest absolute Gasteiger partial charge is 0.355 e. The van der Waals surface area contributed by atoms with Crippen molar-refractivity contribution in [3.8, 4) is 0 Å². The van der Waals surface area contributed by atoms with Gasteiger partial charge in [-0.3, -0.25) is 0 Å². The van der Waals surface area contributed by atoms with Crippen LogP contribution >= 0.6 is 15.9 Å². The Labute approximate surface area is 140 Å². The van der Waals surface area contributed by atoms with Crippen LogP contribution in [0.2, 0.25) is 0 Å². The Morgan fingerprint density at radius 2 is 1.91 bits per heavy atom. The van der Waals surface area contributed by atoms with Crippen molar-refractivity contribution < 1.29 is 0 Å². The Morgan fingerprint density at radius 1 is 1.18 bits per heavy atom. The van der Waals surface area contributed by atoms with Crippen molar-refractivity contribution in [3.63, 3.8) is 0 Å². The fourth-order valence-corrected chi connectivity index (χ4v) is 2.82. The van der Waals surface area contributed by atoms with Gasteiger partial charge < -0.3 is 10.2 Å². The van der Waals surface area contributed by atoms with Gasteiger partial charge in [0.1, 0.15) is 0 Å². The number of aromatic nitrogens is 3. The number of hydrogen-bond donors (Lipinski definition) is 1. The van der Waals surface area contributed by atoms with E-state index >= 15 is 0 Å². The molecule has 22 heavy (non-hydrogen) atoms. The summed E-state index contributed by atoms with van der Waals surface area (Å²) in [6.07, 6.45) is 3.88. The van der Waals surface area contributed by atoms with Gasteiger partial charge in [-0.2, -0.15) is 10.1 Å². The highest BCUT2D eigenvalue weighted by Crippen LogP contribution is 2.25. The van der Waals surface area contributed by atoms with Crippen LogP contribution in [0.15, 0.2) is 28.9 Å². The van der Waals surface area contributed by atoms with E-state index in [9.17, 15) is 0 Å². The van der Waals surface area contributed by atoms with Crippen LogP contribution in [0.5, 0.6) is 0 Å². The van der Waals surface area contributed by atoms with Crippen LogP contribution in [0.4, 0.5) is 17.5 Å². The number of hydrogen-bond acceptors (Lipinski definition) is 5. The molecule has 5 nitrogen and oxygen atoms in total. The predicted octanol–water partition coefficient (Wildman–Crippen LogP) is 4.31. The SMILES string of the molecule is CCCN(CCC)c1cnnc(Nc2ccc(C)cc2Br)n1. The first-order valence-electron chi connectivity index (χ1n) is 7.61. The molecule has 1 aromatic carbocycles. The van der Waals surface area contributed by atoms with E-state index in [1.165, 1.54) is 5.56 Å². The molecule has 0 radical (unpaired) electrons. The first-order valence-corrected chi connectivity index (χ1v) is 8.41. The first-order chi connectivity index (χ1) is 10.6. The number of anilines is 3. The Hall–Kier alpha value is -1.69. The summed E-state index contributed by atoms with van der Waals surface area (Å²) in [6, 6.07) is 6.11. The highest BCUT2D eigenvalue weighted by atomic mass is 79.9. The van der Waals surface area contributed by atoms with E-state index in [2.05, 4.69) is 68.2 Å². The molecule has 0 spiro atoms. The minimum absolute atomic E-state index is 0.513.